The number of urea groups is 1. The van der Waals surface area contributed by atoms with Crippen molar-refractivity contribution in [1.82, 2.24) is 4.98 Å². The Hall–Kier alpha value is -4.59. The van der Waals surface area contributed by atoms with Gasteiger partial charge < -0.3 is 24.8 Å². The number of anilines is 2. The lowest BCUT2D eigenvalue weighted by molar-refractivity contribution is 0.101. The molecule has 0 bridgehead atoms. The molecular weight excluding hydrogens is 434 g/mol. The normalized spacial score (nSPS) is 10.4. The van der Waals surface area contributed by atoms with Crippen molar-refractivity contribution in [3.63, 3.8) is 0 Å². The summed E-state index contributed by atoms with van der Waals surface area (Å²) in [6.45, 7) is 1.49. The molecule has 8 nitrogen and oxygen atoms in total. The number of nitrogens with one attached hydrogen (secondary N) is 2. The highest BCUT2D eigenvalue weighted by atomic mass is 16.5. The average Bonchev–Trinajstić information content (AvgIpc) is 2.84. The summed E-state index contributed by atoms with van der Waals surface area (Å²) in [5.41, 5.74) is 2.47. The van der Waals surface area contributed by atoms with Crippen LogP contribution in [0.15, 0.2) is 72.9 Å². The summed E-state index contributed by atoms with van der Waals surface area (Å²) in [7, 11) is 3.15. The molecule has 0 aliphatic carbocycles. The summed E-state index contributed by atoms with van der Waals surface area (Å²) >= 11 is 0. The quantitative estimate of drug-likeness (QED) is 0.336. The van der Waals surface area contributed by atoms with Gasteiger partial charge in [0.05, 0.1) is 19.7 Å². The van der Waals surface area contributed by atoms with Crippen LogP contribution in [0.2, 0.25) is 0 Å². The fraction of sp³-hybridized carbons (Fsp3) is 0.115. The summed E-state index contributed by atoms with van der Waals surface area (Å²) in [6, 6.07) is 18.7. The third-order valence-corrected chi connectivity index (χ3v) is 5.10. The molecule has 0 fully saturated rings. The zero-order valence-electron chi connectivity index (χ0n) is 18.9. The molecule has 0 saturated carbocycles. The molecule has 4 aromatic rings. The van der Waals surface area contributed by atoms with E-state index in [4.69, 9.17) is 14.2 Å². The number of pyridine rings is 1. The Kier molecular flexibility index (Phi) is 6.59. The molecule has 0 unspecified atom stereocenters. The molecule has 8 heteroatoms. The van der Waals surface area contributed by atoms with E-state index in [2.05, 4.69) is 15.6 Å². The number of ketones is 1. The van der Waals surface area contributed by atoms with Gasteiger partial charge in [0.1, 0.15) is 11.5 Å². The molecule has 0 atom stereocenters. The van der Waals surface area contributed by atoms with Gasteiger partial charge in [-0.3, -0.25) is 9.78 Å². The number of rotatable bonds is 7. The average molecular weight is 457 g/mol. The smallest absolute Gasteiger partial charge is 0.323 e. The predicted octanol–water partition coefficient (Wildman–Crippen LogP) is 5.89. The number of amides is 2. The molecule has 0 saturated heterocycles. The second-order valence-corrected chi connectivity index (χ2v) is 7.37. The number of Topliss-reactive ketones (excluding diaryl/α,β-unsaturated/α-hetero) is 1. The maximum absolute atomic E-state index is 12.3. The van der Waals surface area contributed by atoms with E-state index in [0.29, 0.717) is 45.5 Å². The molecule has 2 amide bonds. The van der Waals surface area contributed by atoms with E-state index in [-0.39, 0.29) is 5.78 Å². The SMILES string of the molecule is COc1cc2nccc(Oc3ccc(NC(=O)Nc4ccc(C(C)=O)cc4)cc3)c2cc1OC. The third-order valence-electron chi connectivity index (χ3n) is 5.10. The molecule has 0 spiro atoms. The lowest BCUT2D eigenvalue weighted by Crippen LogP contribution is -2.19. The molecule has 2 N–H and O–H groups in total. The number of methoxy groups -OCH3 is 2. The Morgan fingerprint density at radius 2 is 1.35 bits per heavy atom. The van der Waals surface area contributed by atoms with E-state index in [0.717, 1.165) is 5.39 Å². The number of hydrogen-bond acceptors (Lipinski definition) is 6. The molecule has 34 heavy (non-hydrogen) atoms. The molecular formula is C26H23N3O5. The minimum atomic E-state index is -0.398. The molecule has 0 aliphatic rings. The predicted molar refractivity (Wildman–Crippen MR) is 130 cm³/mol. The van der Waals surface area contributed by atoms with Gasteiger partial charge in [-0.1, -0.05) is 0 Å². The van der Waals surface area contributed by atoms with Crippen molar-refractivity contribution < 1.29 is 23.8 Å². The van der Waals surface area contributed by atoms with Gasteiger partial charge in [-0.2, -0.15) is 0 Å². The fourth-order valence-electron chi connectivity index (χ4n) is 3.35. The van der Waals surface area contributed by atoms with Crippen LogP contribution in [0.5, 0.6) is 23.0 Å². The van der Waals surface area contributed by atoms with Crippen molar-refractivity contribution in [2.45, 2.75) is 6.92 Å². The summed E-state index contributed by atoms with van der Waals surface area (Å²) in [5.74, 6) is 2.33. The first-order valence-corrected chi connectivity index (χ1v) is 10.4. The van der Waals surface area contributed by atoms with Crippen LogP contribution in [0, 0.1) is 0 Å². The number of nitrogens with zero attached hydrogens (tertiary/aromatic N) is 1. The zero-order chi connectivity index (χ0) is 24.1. The summed E-state index contributed by atoms with van der Waals surface area (Å²) < 4.78 is 16.8. The van der Waals surface area contributed by atoms with Gasteiger partial charge in [-0.15, -0.1) is 0 Å². The minimum Gasteiger partial charge on any atom is -0.493 e. The molecule has 0 aliphatic heterocycles. The van der Waals surface area contributed by atoms with Gasteiger partial charge in [0, 0.05) is 34.6 Å². The zero-order valence-corrected chi connectivity index (χ0v) is 18.9. The molecule has 1 aromatic heterocycles. The number of carbonyl (C=O) groups excluding carboxylic acids is 2. The lowest BCUT2D eigenvalue weighted by Gasteiger charge is -2.13. The van der Waals surface area contributed by atoms with Gasteiger partial charge in [0.15, 0.2) is 17.3 Å². The van der Waals surface area contributed by atoms with Crippen molar-refractivity contribution in [3.8, 4) is 23.0 Å². The number of hydrogen-bond donors (Lipinski definition) is 2. The number of benzene rings is 3. The molecule has 172 valence electrons. The maximum atomic E-state index is 12.3. The van der Waals surface area contributed by atoms with Gasteiger partial charge in [0.25, 0.3) is 0 Å². The van der Waals surface area contributed by atoms with Gasteiger partial charge >= 0.3 is 6.03 Å². The van der Waals surface area contributed by atoms with Crippen molar-refractivity contribution >= 4 is 34.1 Å². The molecule has 0 radical (unpaired) electrons. The number of carbonyl (C=O) groups is 2. The largest absolute Gasteiger partial charge is 0.493 e. The Bertz CT molecular complexity index is 1340. The summed E-state index contributed by atoms with van der Waals surface area (Å²) in [6.07, 6.45) is 1.66. The Morgan fingerprint density at radius 3 is 1.94 bits per heavy atom. The van der Waals surface area contributed by atoms with Crippen molar-refractivity contribution in [1.29, 1.82) is 0 Å². The van der Waals surface area contributed by atoms with Crippen molar-refractivity contribution in [3.05, 3.63) is 78.5 Å². The van der Waals surface area contributed by atoms with Crippen LogP contribution < -0.4 is 24.8 Å². The van der Waals surface area contributed by atoms with Crippen molar-refractivity contribution in [2.24, 2.45) is 0 Å². The van der Waals surface area contributed by atoms with Gasteiger partial charge in [-0.25, -0.2) is 4.79 Å². The first-order valence-electron chi connectivity index (χ1n) is 10.4. The Morgan fingerprint density at radius 1 is 0.765 bits per heavy atom. The van der Waals surface area contributed by atoms with Crippen LogP contribution in [0.3, 0.4) is 0 Å². The monoisotopic (exact) mass is 457 g/mol. The van der Waals surface area contributed by atoms with E-state index in [1.807, 2.05) is 6.07 Å². The highest BCUT2D eigenvalue weighted by Crippen LogP contribution is 2.37. The van der Waals surface area contributed by atoms with Crippen molar-refractivity contribution in [2.75, 3.05) is 24.9 Å². The second kappa shape index (κ2) is 9.91. The van der Waals surface area contributed by atoms with E-state index in [1.54, 1.807) is 81.1 Å². The Balaban J connectivity index is 1.44. The summed E-state index contributed by atoms with van der Waals surface area (Å²) in [5, 5.41) is 6.27. The minimum absolute atomic E-state index is 0.0306. The van der Waals surface area contributed by atoms with E-state index in [9.17, 15) is 9.59 Å². The van der Waals surface area contributed by atoms with Gasteiger partial charge in [0.2, 0.25) is 0 Å². The van der Waals surface area contributed by atoms with Crippen LogP contribution in [-0.4, -0.2) is 31.0 Å². The number of ether oxygens (including phenoxy) is 3. The highest BCUT2D eigenvalue weighted by Gasteiger charge is 2.12. The molecule has 1 heterocycles. The van der Waals surface area contributed by atoms with Crippen LogP contribution in [0.1, 0.15) is 17.3 Å². The Labute approximate surface area is 196 Å². The molecule has 3 aromatic carbocycles. The van der Waals surface area contributed by atoms with Crippen LogP contribution >= 0.6 is 0 Å². The second-order valence-electron chi connectivity index (χ2n) is 7.37. The maximum Gasteiger partial charge on any atom is 0.323 e. The van der Waals surface area contributed by atoms with E-state index >= 15 is 0 Å². The number of fused-ring (bicyclic) bond motifs is 1. The summed E-state index contributed by atoms with van der Waals surface area (Å²) in [4.78, 5) is 28.0. The lowest BCUT2D eigenvalue weighted by atomic mass is 10.1. The van der Waals surface area contributed by atoms with Crippen LogP contribution in [-0.2, 0) is 0 Å². The topological polar surface area (TPSA) is 98.8 Å². The third kappa shape index (κ3) is 5.07. The van der Waals surface area contributed by atoms with E-state index in [1.165, 1.54) is 6.92 Å². The van der Waals surface area contributed by atoms with Crippen LogP contribution in [0.4, 0.5) is 16.2 Å². The first-order chi connectivity index (χ1) is 16.5. The van der Waals surface area contributed by atoms with Gasteiger partial charge in [-0.05, 0) is 67.6 Å². The number of aromatic nitrogens is 1. The molecule has 4 rings (SSSR count). The highest BCUT2D eigenvalue weighted by molar-refractivity contribution is 6.00. The fourth-order valence-corrected chi connectivity index (χ4v) is 3.35. The van der Waals surface area contributed by atoms with E-state index < -0.39 is 6.03 Å². The van der Waals surface area contributed by atoms with Crippen LogP contribution in [0.25, 0.3) is 10.9 Å². The standard InChI is InChI=1S/C26H23N3O5/c1-16(30)17-4-6-18(7-5-17)28-26(31)29-19-8-10-20(11-9-19)34-23-12-13-27-22-15-25(33-3)24(32-2)14-21(22)23/h4-15H,1-3H3,(H2,28,29,31). The first kappa shape index (κ1) is 22.6.